The molecule has 0 saturated heterocycles. The van der Waals surface area contributed by atoms with Gasteiger partial charge in [0.15, 0.2) is 0 Å². The summed E-state index contributed by atoms with van der Waals surface area (Å²) in [6.45, 7) is 0. The Morgan fingerprint density at radius 1 is 1.13 bits per heavy atom. The summed E-state index contributed by atoms with van der Waals surface area (Å²) in [5.74, 6) is -4.52. The molecule has 0 fully saturated rings. The van der Waals surface area contributed by atoms with E-state index in [4.69, 9.17) is 10.2 Å². The van der Waals surface area contributed by atoms with Crippen molar-refractivity contribution in [1.29, 1.82) is 0 Å². The lowest BCUT2D eigenvalue weighted by Gasteiger charge is -2.03. The predicted molar refractivity (Wildman–Crippen MR) is 73.9 cm³/mol. The molecule has 2 rings (SSSR count). The number of ketones is 1. The Morgan fingerprint density at radius 2 is 1.74 bits per heavy atom. The molecule has 0 aliphatic carbocycles. The molecule has 120 valence electrons. The normalized spacial score (nSPS) is 12.1. The van der Waals surface area contributed by atoms with Crippen LogP contribution in [0, 0.1) is 5.82 Å². The summed E-state index contributed by atoms with van der Waals surface area (Å²) in [7, 11) is -4.13. The third kappa shape index (κ3) is 3.43. The van der Waals surface area contributed by atoms with E-state index in [1.54, 1.807) is 0 Å². The first-order chi connectivity index (χ1) is 10.7. The highest BCUT2D eigenvalue weighted by molar-refractivity contribution is 7.89. The summed E-state index contributed by atoms with van der Waals surface area (Å²) >= 11 is 0. The van der Waals surface area contributed by atoms with Crippen LogP contribution < -0.4 is 0 Å². The van der Waals surface area contributed by atoms with Crippen LogP contribution in [0.5, 0.6) is 0 Å². The number of halogens is 1. The lowest BCUT2D eigenvalue weighted by atomic mass is 10.2. The average molecular weight is 340 g/mol. The van der Waals surface area contributed by atoms with Gasteiger partial charge in [-0.05, 0) is 30.3 Å². The quantitative estimate of drug-likeness (QED) is 0.471. The van der Waals surface area contributed by atoms with E-state index < -0.39 is 33.4 Å². The maximum atomic E-state index is 12.8. The molecular formula is C13H9FN2O6S. The number of nitrogens with zero attached hydrogens (tertiary/aromatic N) is 2. The van der Waals surface area contributed by atoms with E-state index in [1.165, 1.54) is 0 Å². The van der Waals surface area contributed by atoms with Crippen LogP contribution >= 0.6 is 0 Å². The number of carboxylic acid groups (broad SMARTS) is 1. The van der Waals surface area contributed by atoms with Crippen molar-refractivity contribution >= 4 is 21.8 Å². The molecule has 1 heterocycles. The Kier molecular flexibility index (Phi) is 4.27. The fraction of sp³-hybridized carbons (Fsp3) is 0. The Labute approximate surface area is 129 Å². The van der Waals surface area contributed by atoms with Gasteiger partial charge in [-0.15, -0.1) is 0 Å². The van der Waals surface area contributed by atoms with Crippen molar-refractivity contribution in [2.75, 3.05) is 0 Å². The number of hydrogen-bond acceptors (Lipinski definition) is 6. The van der Waals surface area contributed by atoms with Gasteiger partial charge in [0, 0.05) is 12.3 Å². The average Bonchev–Trinajstić information content (AvgIpc) is 2.98. The molecule has 2 aromatic rings. The molecule has 0 aliphatic heterocycles. The molecule has 1 aromatic carbocycles. The first-order valence-corrected chi connectivity index (χ1v) is 7.41. The van der Waals surface area contributed by atoms with Crippen molar-refractivity contribution in [1.82, 2.24) is 9.19 Å². The zero-order valence-corrected chi connectivity index (χ0v) is 12.1. The predicted octanol–water partition coefficient (Wildman–Crippen LogP) is 0.968. The van der Waals surface area contributed by atoms with Crippen LogP contribution in [0.4, 0.5) is 4.39 Å². The van der Waals surface area contributed by atoms with E-state index in [2.05, 4.69) is 5.10 Å². The number of allylic oxidation sites excluding steroid dienone is 1. The number of hydrogen-bond donors (Lipinski definition) is 2. The number of aromatic nitrogens is 2. The Balaban J connectivity index is 2.35. The second-order valence-electron chi connectivity index (χ2n) is 4.23. The van der Waals surface area contributed by atoms with Crippen molar-refractivity contribution in [2.24, 2.45) is 0 Å². The highest BCUT2D eigenvalue weighted by Crippen LogP contribution is 2.14. The highest BCUT2D eigenvalue weighted by atomic mass is 32.2. The number of benzene rings is 1. The van der Waals surface area contributed by atoms with Gasteiger partial charge in [-0.2, -0.15) is 17.6 Å². The molecule has 0 spiro atoms. The third-order valence-corrected chi connectivity index (χ3v) is 4.23. The van der Waals surface area contributed by atoms with Gasteiger partial charge in [-0.1, -0.05) is 0 Å². The number of aliphatic hydroxyl groups excluding tert-OH is 1. The highest BCUT2D eigenvalue weighted by Gasteiger charge is 2.20. The standard InChI is InChI=1S/C13H9FN2O6S/c14-8-1-3-9(4-2-8)23(21,22)16-6-5-10(15-16)11(17)7-12(18)13(19)20/h1-7,18H,(H,19,20). The summed E-state index contributed by atoms with van der Waals surface area (Å²) in [6, 6.07) is 5.01. The fourth-order valence-corrected chi connectivity index (χ4v) is 2.66. The number of aliphatic hydroxyl groups is 1. The van der Waals surface area contributed by atoms with Crippen molar-refractivity contribution in [2.45, 2.75) is 4.90 Å². The molecular weight excluding hydrogens is 331 g/mol. The van der Waals surface area contributed by atoms with Gasteiger partial charge in [0.1, 0.15) is 11.5 Å². The number of carbonyl (C=O) groups is 2. The Hall–Kier alpha value is -3.01. The maximum absolute atomic E-state index is 12.8. The zero-order chi connectivity index (χ0) is 17.2. The first-order valence-electron chi connectivity index (χ1n) is 5.97. The zero-order valence-electron chi connectivity index (χ0n) is 11.2. The molecule has 0 atom stereocenters. The first kappa shape index (κ1) is 16.4. The summed E-state index contributed by atoms with van der Waals surface area (Å²) in [5.41, 5.74) is -0.386. The molecule has 0 radical (unpaired) electrons. The van der Waals surface area contributed by atoms with Gasteiger partial charge in [-0.3, -0.25) is 4.79 Å². The van der Waals surface area contributed by atoms with E-state index in [0.29, 0.717) is 10.2 Å². The molecule has 23 heavy (non-hydrogen) atoms. The molecule has 10 heteroatoms. The fourth-order valence-electron chi connectivity index (χ4n) is 1.55. The van der Waals surface area contributed by atoms with Crippen LogP contribution in [0.2, 0.25) is 0 Å². The molecule has 2 N–H and O–H groups in total. The molecule has 0 unspecified atom stereocenters. The molecule has 1 aromatic heterocycles. The second-order valence-corrected chi connectivity index (χ2v) is 6.03. The van der Waals surface area contributed by atoms with E-state index in [0.717, 1.165) is 36.5 Å². The molecule has 0 saturated carbocycles. The smallest absolute Gasteiger partial charge is 0.371 e. The molecule has 0 bridgehead atoms. The van der Waals surface area contributed by atoms with Crippen LogP contribution in [0.3, 0.4) is 0 Å². The van der Waals surface area contributed by atoms with Gasteiger partial charge >= 0.3 is 5.97 Å². The minimum Gasteiger partial charge on any atom is -0.502 e. The molecule has 0 aliphatic rings. The van der Waals surface area contributed by atoms with Crippen LogP contribution in [-0.2, 0) is 14.8 Å². The van der Waals surface area contributed by atoms with Gasteiger partial charge < -0.3 is 10.2 Å². The topological polar surface area (TPSA) is 127 Å². The summed E-state index contributed by atoms with van der Waals surface area (Å²) in [5, 5.41) is 21.0. The van der Waals surface area contributed by atoms with E-state index in [9.17, 15) is 22.4 Å². The summed E-state index contributed by atoms with van der Waals surface area (Å²) in [4.78, 5) is 21.8. The van der Waals surface area contributed by atoms with Crippen LogP contribution in [0.15, 0.2) is 53.3 Å². The third-order valence-electron chi connectivity index (χ3n) is 2.66. The van der Waals surface area contributed by atoms with Crippen LogP contribution in [0.25, 0.3) is 0 Å². The lowest BCUT2D eigenvalue weighted by Crippen LogP contribution is -2.14. The van der Waals surface area contributed by atoms with Gasteiger partial charge in [0.25, 0.3) is 10.0 Å². The van der Waals surface area contributed by atoms with E-state index in [1.807, 2.05) is 0 Å². The summed E-state index contributed by atoms with van der Waals surface area (Å²) in [6.07, 6.45) is 1.37. The van der Waals surface area contributed by atoms with Crippen LogP contribution in [-0.4, -0.2) is 39.6 Å². The van der Waals surface area contributed by atoms with Gasteiger partial charge in [-0.25, -0.2) is 9.18 Å². The second kappa shape index (κ2) is 6.01. The minimum absolute atomic E-state index is 0.245. The minimum atomic E-state index is -4.13. The van der Waals surface area contributed by atoms with Crippen molar-refractivity contribution in [3.8, 4) is 0 Å². The lowest BCUT2D eigenvalue weighted by molar-refractivity contribution is -0.135. The van der Waals surface area contributed by atoms with Crippen molar-refractivity contribution < 1.29 is 32.6 Å². The number of rotatable bonds is 5. The van der Waals surface area contributed by atoms with Crippen molar-refractivity contribution in [3.63, 3.8) is 0 Å². The maximum Gasteiger partial charge on any atom is 0.371 e. The van der Waals surface area contributed by atoms with Crippen molar-refractivity contribution in [3.05, 3.63) is 59.9 Å². The number of carbonyl (C=O) groups excluding carboxylic acids is 1. The summed E-state index contributed by atoms with van der Waals surface area (Å²) < 4.78 is 37.8. The van der Waals surface area contributed by atoms with E-state index >= 15 is 0 Å². The Bertz CT molecular complexity index is 899. The van der Waals surface area contributed by atoms with E-state index in [-0.39, 0.29) is 10.6 Å². The Morgan fingerprint density at radius 3 is 2.30 bits per heavy atom. The number of aliphatic carboxylic acids is 1. The molecule has 8 nitrogen and oxygen atoms in total. The van der Waals surface area contributed by atoms with Crippen LogP contribution in [0.1, 0.15) is 10.5 Å². The SMILES string of the molecule is O=C(O)C(O)=CC(=O)c1ccn(S(=O)(=O)c2ccc(F)cc2)n1. The largest absolute Gasteiger partial charge is 0.502 e. The molecule has 0 amide bonds. The monoisotopic (exact) mass is 340 g/mol. The van der Waals surface area contributed by atoms with Gasteiger partial charge in [0.05, 0.1) is 4.90 Å². The van der Waals surface area contributed by atoms with Gasteiger partial charge in [0.2, 0.25) is 11.5 Å². The number of carboxylic acids is 1.